The van der Waals surface area contributed by atoms with E-state index in [9.17, 15) is 4.79 Å². The molecule has 0 bridgehead atoms. The average Bonchev–Trinajstić information content (AvgIpc) is 3.18. The Labute approximate surface area is 173 Å². The van der Waals surface area contributed by atoms with Crippen molar-refractivity contribution in [3.63, 3.8) is 0 Å². The van der Waals surface area contributed by atoms with Gasteiger partial charge in [0.25, 0.3) is 5.91 Å². The number of aryl methyl sites for hydroxylation is 1. The van der Waals surface area contributed by atoms with Crippen molar-refractivity contribution in [2.45, 2.75) is 20.0 Å². The number of hydrogen-bond donors (Lipinski definition) is 1. The van der Waals surface area contributed by atoms with Crippen molar-refractivity contribution in [2.75, 3.05) is 6.54 Å². The Morgan fingerprint density at radius 2 is 1.93 bits per heavy atom. The quantitative estimate of drug-likeness (QED) is 0.492. The summed E-state index contributed by atoms with van der Waals surface area (Å²) in [6, 6.07) is 17.3. The number of nitrogens with one attached hydrogen (secondary N) is 1. The normalized spacial score (nSPS) is 10.8. The zero-order chi connectivity index (χ0) is 20.1. The number of para-hydroxylation sites is 1. The number of pyridine rings is 1. The summed E-state index contributed by atoms with van der Waals surface area (Å²) in [6.07, 6.45) is 2.53. The number of carbonyl (C=O) groups is 1. The van der Waals surface area contributed by atoms with Crippen LogP contribution in [0.2, 0.25) is 0 Å². The summed E-state index contributed by atoms with van der Waals surface area (Å²) in [5, 5.41) is 7.10. The van der Waals surface area contributed by atoms with Crippen molar-refractivity contribution in [3.8, 4) is 5.75 Å². The zero-order valence-electron chi connectivity index (χ0n) is 16.1. The average molecular weight is 404 g/mol. The number of thiazole rings is 1. The van der Waals surface area contributed by atoms with Gasteiger partial charge >= 0.3 is 0 Å². The van der Waals surface area contributed by atoms with Gasteiger partial charge in [0, 0.05) is 29.1 Å². The molecule has 0 saturated heterocycles. The molecule has 0 spiro atoms. The number of nitrogens with zero attached hydrogens (tertiary/aromatic N) is 2. The molecule has 1 N–H and O–H groups in total. The van der Waals surface area contributed by atoms with E-state index in [0.29, 0.717) is 24.5 Å². The fourth-order valence-corrected chi connectivity index (χ4v) is 3.71. The minimum Gasteiger partial charge on any atom is -0.487 e. The van der Waals surface area contributed by atoms with Gasteiger partial charge in [0.15, 0.2) is 0 Å². The summed E-state index contributed by atoms with van der Waals surface area (Å²) < 4.78 is 5.73. The molecule has 0 fully saturated rings. The molecule has 0 saturated carbocycles. The van der Waals surface area contributed by atoms with E-state index in [1.807, 2.05) is 48.7 Å². The Kier molecular flexibility index (Phi) is 5.81. The maximum Gasteiger partial charge on any atom is 0.251 e. The van der Waals surface area contributed by atoms with Crippen LogP contribution in [0.4, 0.5) is 0 Å². The van der Waals surface area contributed by atoms with Crippen molar-refractivity contribution in [2.24, 2.45) is 0 Å². The van der Waals surface area contributed by atoms with Gasteiger partial charge < -0.3 is 10.1 Å². The number of amides is 1. The van der Waals surface area contributed by atoms with Gasteiger partial charge in [-0.15, -0.1) is 11.3 Å². The van der Waals surface area contributed by atoms with Crippen molar-refractivity contribution < 1.29 is 9.53 Å². The molecule has 0 radical (unpaired) electrons. The Bertz CT molecular complexity index is 1120. The van der Waals surface area contributed by atoms with Crippen molar-refractivity contribution >= 4 is 28.1 Å². The van der Waals surface area contributed by atoms with E-state index in [1.165, 1.54) is 0 Å². The standard InChI is InChI=1S/C23H21N3O2S/c1-16-26-20(15-29-16)14-28-21-9-7-19(8-10-21)23(27)25-13-11-18-5-2-4-17-6-3-12-24-22(17)18/h2-10,12,15H,11,13-14H2,1H3,(H,25,27). The van der Waals surface area contributed by atoms with Crippen molar-refractivity contribution in [1.82, 2.24) is 15.3 Å². The summed E-state index contributed by atoms with van der Waals surface area (Å²) in [5.41, 5.74) is 3.64. The highest BCUT2D eigenvalue weighted by molar-refractivity contribution is 7.09. The molecule has 5 nitrogen and oxygen atoms in total. The zero-order valence-corrected chi connectivity index (χ0v) is 16.9. The van der Waals surface area contributed by atoms with Crippen LogP contribution in [0.25, 0.3) is 10.9 Å². The lowest BCUT2D eigenvalue weighted by Gasteiger charge is -2.08. The monoisotopic (exact) mass is 403 g/mol. The number of fused-ring (bicyclic) bond motifs is 1. The van der Waals surface area contributed by atoms with Crippen LogP contribution in [0.1, 0.15) is 26.6 Å². The lowest BCUT2D eigenvalue weighted by Crippen LogP contribution is -2.25. The summed E-state index contributed by atoms with van der Waals surface area (Å²) >= 11 is 1.60. The number of ether oxygens (including phenoxy) is 1. The molecular formula is C23H21N3O2S. The van der Waals surface area contributed by atoms with Crippen LogP contribution >= 0.6 is 11.3 Å². The van der Waals surface area contributed by atoms with E-state index in [0.717, 1.165) is 33.6 Å². The number of hydrogen-bond acceptors (Lipinski definition) is 5. The SMILES string of the molecule is Cc1nc(COc2ccc(C(=O)NCCc3cccc4cccnc34)cc2)cs1. The van der Waals surface area contributed by atoms with Gasteiger partial charge in [0.1, 0.15) is 12.4 Å². The van der Waals surface area contributed by atoms with Crippen LogP contribution in [-0.2, 0) is 13.0 Å². The highest BCUT2D eigenvalue weighted by Crippen LogP contribution is 2.17. The molecule has 4 rings (SSSR count). The molecule has 2 heterocycles. The van der Waals surface area contributed by atoms with Crippen molar-refractivity contribution in [1.29, 1.82) is 0 Å². The second-order valence-corrected chi connectivity index (χ2v) is 7.73. The van der Waals surface area contributed by atoms with Crippen LogP contribution in [0.15, 0.2) is 66.2 Å². The predicted octanol–water partition coefficient (Wildman–Crippen LogP) is 4.55. The van der Waals surface area contributed by atoms with E-state index in [4.69, 9.17) is 4.74 Å². The van der Waals surface area contributed by atoms with Gasteiger partial charge in [-0.25, -0.2) is 4.98 Å². The minimum atomic E-state index is -0.0973. The molecule has 0 unspecified atom stereocenters. The molecule has 29 heavy (non-hydrogen) atoms. The van der Waals surface area contributed by atoms with Gasteiger partial charge in [-0.3, -0.25) is 9.78 Å². The fourth-order valence-electron chi connectivity index (χ4n) is 3.12. The molecule has 0 aliphatic rings. The smallest absolute Gasteiger partial charge is 0.251 e. The Morgan fingerprint density at radius 3 is 2.72 bits per heavy atom. The predicted molar refractivity (Wildman–Crippen MR) is 115 cm³/mol. The number of rotatable bonds is 7. The molecule has 0 atom stereocenters. The van der Waals surface area contributed by atoms with Crippen LogP contribution in [-0.4, -0.2) is 22.4 Å². The maximum atomic E-state index is 12.4. The van der Waals surface area contributed by atoms with E-state index >= 15 is 0 Å². The summed E-state index contributed by atoms with van der Waals surface area (Å²) in [7, 11) is 0. The molecule has 4 aromatic rings. The Balaban J connectivity index is 1.30. The van der Waals surface area contributed by atoms with E-state index in [1.54, 1.807) is 29.7 Å². The van der Waals surface area contributed by atoms with Gasteiger partial charge in [0.05, 0.1) is 16.2 Å². The van der Waals surface area contributed by atoms with Crippen LogP contribution in [0.5, 0.6) is 5.75 Å². The number of carbonyl (C=O) groups excluding carboxylic acids is 1. The van der Waals surface area contributed by atoms with Crippen LogP contribution < -0.4 is 10.1 Å². The molecule has 1 amide bonds. The highest BCUT2D eigenvalue weighted by atomic mass is 32.1. The van der Waals surface area contributed by atoms with Crippen LogP contribution in [0.3, 0.4) is 0 Å². The molecule has 2 aromatic heterocycles. The first-order chi connectivity index (χ1) is 14.2. The third-order valence-corrected chi connectivity index (χ3v) is 5.39. The number of aromatic nitrogens is 2. The first kappa shape index (κ1) is 19.1. The van der Waals surface area contributed by atoms with E-state index < -0.39 is 0 Å². The molecule has 2 aromatic carbocycles. The lowest BCUT2D eigenvalue weighted by atomic mass is 10.1. The second-order valence-electron chi connectivity index (χ2n) is 6.67. The maximum absolute atomic E-state index is 12.4. The molecule has 6 heteroatoms. The molecular weight excluding hydrogens is 382 g/mol. The Hall–Kier alpha value is -3.25. The number of benzene rings is 2. The summed E-state index contributed by atoms with van der Waals surface area (Å²) in [5.74, 6) is 0.619. The topological polar surface area (TPSA) is 64.1 Å². The Morgan fingerprint density at radius 1 is 1.10 bits per heavy atom. The van der Waals surface area contributed by atoms with Gasteiger partial charge in [-0.1, -0.05) is 24.3 Å². The fraction of sp³-hybridized carbons (Fsp3) is 0.174. The summed E-state index contributed by atoms with van der Waals surface area (Å²) in [6.45, 7) is 2.95. The van der Waals surface area contributed by atoms with Gasteiger partial charge in [-0.05, 0) is 49.2 Å². The first-order valence-electron chi connectivity index (χ1n) is 9.44. The third kappa shape index (κ3) is 4.78. The molecule has 0 aliphatic carbocycles. The van der Waals surface area contributed by atoms with Gasteiger partial charge in [-0.2, -0.15) is 0 Å². The molecule has 146 valence electrons. The highest BCUT2D eigenvalue weighted by Gasteiger charge is 2.07. The largest absolute Gasteiger partial charge is 0.487 e. The minimum absolute atomic E-state index is 0.0973. The van der Waals surface area contributed by atoms with E-state index in [2.05, 4.69) is 21.4 Å². The van der Waals surface area contributed by atoms with E-state index in [-0.39, 0.29) is 5.91 Å². The second kappa shape index (κ2) is 8.84. The summed E-state index contributed by atoms with van der Waals surface area (Å²) in [4.78, 5) is 21.2. The van der Waals surface area contributed by atoms with Gasteiger partial charge in [0.2, 0.25) is 0 Å². The first-order valence-corrected chi connectivity index (χ1v) is 10.3. The molecule has 0 aliphatic heterocycles. The van der Waals surface area contributed by atoms with Crippen molar-refractivity contribution in [3.05, 3.63) is 88.0 Å². The lowest BCUT2D eigenvalue weighted by molar-refractivity contribution is 0.0954. The van der Waals surface area contributed by atoms with Crippen LogP contribution in [0, 0.1) is 6.92 Å². The third-order valence-electron chi connectivity index (χ3n) is 4.57.